The second kappa shape index (κ2) is 7.95. The topological polar surface area (TPSA) is 35.0 Å². The average Bonchev–Trinajstić information content (AvgIpc) is 3.23. The van der Waals surface area contributed by atoms with Crippen molar-refractivity contribution in [2.24, 2.45) is 5.10 Å². The van der Waals surface area contributed by atoms with Crippen molar-refractivity contribution >= 4 is 41.2 Å². The molecule has 3 heterocycles. The normalized spacial score (nSPS) is 14.3. The zero-order valence-corrected chi connectivity index (χ0v) is 18.3. The summed E-state index contributed by atoms with van der Waals surface area (Å²) in [5.41, 5.74) is 8.90. The Labute approximate surface area is 193 Å². The number of benzene rings is 3. The molecule has 0 atom stereocenters. The molecule has 0 fully saturated rings. The van der Waals surface area contributed by atoms with Crippen LogP contribution in [0.5, 0.6) is 0 Å². The lowest BCUT2D eigenvalue weighted by molar-refractivity contribution is 0.393. The van der Waals surface area contributed by atoms with Gasteiger partial charge in [-0.05, 0) is 53.6 Å². The van der Waals surface area contributed by atoms with Crippen LogP contribution in [-0.4, -0.2) is 30.0 Å². The molecule has 160 valence electrons. The number of pyridine rings is 1. The first kappa shape index (κ1) is 19.3. The standard InChI is InChI=1S/C28H23N5/c1-31-20-32(19-30-31)24-15-14-22-13-12-21-7-2-3-11-27(21)33(28(22)18-24)25-9-6-8-23(17-25)26-10-4-5-16-29-26/h2-19H,20H2,1H3. The Bertz CT molecular complexity index is 1380. The second-order valence-electron chi connectivity index (χ2n) is 8.24. The maximum atomic E-state index is 4.56. The molecule has 0 bridgehead atoms. The molecule has 5 nitrogen and oxygen atoms in total. The predicted molar refractivity (Wildman–Crippen MR) is 137 cm³/mol. The molecular formula is C28H23N5. The molecular weight excluding hydrogens is 406 g/mol. The first-order valence-corrected chi connectivity index (χ1v) is 11.0. The molecule has 5 heteroatoms. The maximum Gasteiger partial charge on any atom is 0.117 e. The Morgan fingerprint density at radius 3 is 2.39 bits per heavy atom. The van der Waals surface area contributed by atoms with Gasteiger partial charge in [-0.15, -0.1) is 0 Å². The van der Waals surface area contributed by atoms with Crippen molar-refractivity contribution in [1.29, 1.82) is 0 Å². The van der Waals surface area contributed by atoms with Crippen LogP contribution in [0.3, 0.4) is 0 Å². The van der Waals surface area contributed by atoms with E-state index in [0.717, 1.165) is 40.7 Å². The molecule has 1 aromatic heterocycles. The smallest absolute Gasteiger partial charge is 0.117 e. The highest BCUT2D eigenvalue weighted by Crippen LogP contribution is 2.44. The van der Waals surface area contributed by atoms with E-state index in [0.29, 0.717) is 0 Å². The van der Waals surface area contributed by atoms with Crippen molar-refractivity contribution in [3.8, 4) is 11.3 Å². The summed E-state index contributed by atoms with van der Waals surface area (Å²) in [6.07, 6.45) is 8.11. The highest BCUT2D eigenvalue weighted by atomic mass is 15.6. The Morgan fingerprint density at radius 1 is 0.727 bits per heavy atom. The number of nitrogens with zero attached hydrogens (tertiary/aromatic N) is 5. The minimum atomic E-state index is 0.736. The van der Waals surface area contributed by atoms with E-state index in [2.05, 4.69) is 98.8 Å². The Balaban J connectivity index is 1.53. The molecule has 0 radical (unpaired) electrons. The van der Waals surface area contributed by atoms with Crippen LogP contribution in [0.2, 0.25) is 0 Å². The zero-order valence-electron chi connectivity index (χ0n) is 18.3. The van der Waals surface area contributed by atoms with Gasteiger partial charge in [0.15, 0.2) is 0 Å². The maximum absolute atomic E-state index is 4.56. The molecule has 0 saturated heterocycles. The van der Waals surface area contributed by atoms with Crippen LogP contribution < -0.4 is 9.80 Å². The monoisotopic (exact) mass is 429 g/mol. The van der Waals surface area contributed by atoms with Crippen LogP contribution in [-0.2, 0) is 0 Å². The summed E-state index contributed by atoms with van der Waals surface area (Å²) in [4.78, 5) is 9.06. The molecule has 3 aromatic carbocycles. The molecule has 0 N–H and O–H groups in total. The van der Waals surface area contributed by atoms with Crippen molar-refractivity contribution in [3.63, 3.8) is 0 Å². The fraction of sp³-hybridized carbons (Fsp3) is 0.0714. The van der Waals surface area contributed by atoms with Gasteiger partial charge in [0.05, 0.1) is 17.1 Å². The molecule has 33 heavy (non-hydrogen) atoms. The third-order valence-corrected chi connectivity index (χ3v) is 6.02. The molecule has 0 spiro atoms. The minimum Gasteiger partial charge on any atom is -0.311 e. The largest absolute Gasteiger partial charge is 0.311 e. The van der Waals surface area contributed by atoms with Crippen molar-refractivity contribution in [2.45, 2.75) is 0 Å². The van der Waals surface area contributed by atoms with Crippen molar-refractivity contribution in [1.82, 2.24) is 9.99 Å². The van der Waals surface area contributed by atoms with Gasteiger partial charge in [0.25, 0.3) is 0 Å². The van der Waals surface area contributed by atoms with Crippen LogP contribution in [0.15, 0.2) is 96.2 Å². The van der Waals surface area contributed by atoms with Crippen molar-refractivity contribution in [2.75, 3.05) is 23.5 Å². The van der Waals surface area contributed by atoms with Gasteiger partial charge in [0, 0.05) is 30.2 Å². The first-order chi connectivity index (χ1) is 16.3. The van der Waals surface area contributed by atoms with Gasteiger partial charge in [0.1, 0.15) is 13.0 Å². The van der Waals surface area contributed by atoms with Gasteiger partial charge in [-0.2, -0.15) is 5.10 Å². The van der Waals surface area contributed by atoms with E-state index in [9.17, 15) is 0 Å². The van der Waals surface area contributed by atoms with Gasteiger partial charge >= 0.3 is 0 Å². The van der Waals surface area contributed by atoms with Gasteiger partial charge in [-0.3, -0.25) is 9.99 Å². The zero-order chi connectivity index (χ0) is 22.2. The fourth-order valence-corrected chi connectivity index (χ4v) is 4.40. The van der Waals surface area contributed by atoms with E-state index in [1.165, 1.54) is 11.1 Å². The molecule has 0 saturated carbocycles. The Morgan fingerprint density at radius 2 is 1.58 bits per heavy atom. The third kappa shape index (κ3) is 3.53. The van der Waals surface area contributed by atoms with Crippen LogP contribution in [0.4, 0.5) is 22.7 Å². The van der Waals surface area contributed by atoms with Gasteiger partial charge < -0.3 is 9.80 Å². The molecule has 0 aliphatic carbocycles. The minimum absolute atomic E-state index is 0.736. The number of hydrogen-bond acceptors (Lipinski definition) is 5. The molecule has 4 aromatic rings. The van der Waals surface area contributed by atoms with Gasteiger partial charge in [-0.25, -0.2) is 0 Å². The van der Waals surface area contributed by atoms with Crippen LogP contribution in [0.1, 0.15) is 11.1 Å². The highest BCUT2D eigenvalue weighted by molar-refractivity contribution is 5.95. The summed E-state index contributed by atoms with van der Waals surface area (Å²) in [7, 11) is 1.98. The summed E-state index contributed by atoms with van der Waals surface area (Å²) >= 11 is 0. The summed E-state index contributed by atoms with van der Waals surface area (Å²) in [6, 6.07) is 29.7. The summed E-state index contributed by atoms with van der Waals surface area (Å²) in [5.74, 6) is 0. The van der Waals surface area contributed by atoms with Gasteiger partial charge in [-0.1, -0.05) is 54.6 Å². The van der Waals surface area contributed by atoms with Gasteiger partial charge in [0.2, 0.25) is 0 Å². The lowest BCUT2D eigenvalue weighted by atomic mass is 10.1. The van der Waals surface area contributed by atoms with Crippen LogP contribution in [0, 0.1) is 0 Å². The van der Waals surface area contributed by atoms with Crippen molar-refractivity contribution < 1.29 is 0 Å². The summed E-state index contributed by atoms with van der Waals surface area (Å²) in [6.45, 7) is 0.736. The molecule has 0 amide bonds. The lowest BCUT2D eigenvalue weighted by Gasteiger charge is -2.29. The number of rotatable bonds is 3. The van der Waals surface area contributed by atoms with E-state index in [1.807, 2.05) is 42.8 Å². The van der Waals surface area contributed by atoms with E-state index < -0.39 is 0 Å². The molecule has 2 aliphatic rings. The number of aromatic nitrogens is 1. The number of hydrogen-bond donors (Lipinski definition) is 0. The summed E-state index contributed by atoms with van der Waals surface area (Å²) < 4.78 is 0. The SMILES string of the molecule is CN1CN(c2ccc3c(c2)N(c2cccc(-c4ccccn4)c2)c2ccccc2C=C3)C=N1. The van der Waals surface area contributed by atoms with E-state index in [4.69, 9.17) is 0 Å². The molecule has 2 aliphatic heterocycles. The van der Waals surface area contributed by atoms with Crippen molar-refractivity contribution in [3.05, 3.63) is 102 Å². The fourth-order valence-electron chi connectivity index (χ4n) is 4.40. The third-order valence-electron chi connectivity index (χ3n) is 6.02. The summed E-state index contributed by atoms with van der Waals surface area (Å²) in [5, 5.41) is 6.31. The van der Waals surface area contributed by atoms with E-state index in [1.54, 1.807) is 0 Å². The molecule has 0 unspecified atom stereocenters. The average molecular weight is 430 g/mol. The first-order valence-electron chi connectivity index (χ1n) is 11.0. The quantitative estimate of drug-likeness (QED) is 0.334. The highest BCUT2D eigenvalue weighted by Gasteiger charge is 2.22. The lowest BCUT2D eigenvalue weighted by Crippen LogP contribution is -2.24. The molecule has 6 rings (SSSR count). The number of anilines is 4. The number of hydrazone groups is 1. The Hall–Kier alpha value is -4.38. The predicted octanol–water partition coefficient (Wildman–Crippen LogP) is 6.35. The van der Waals surface area contributed by atoms with Crippen LogP contribution in [0.25, 0.3) is 23.4 Å². The van der Waals surface area contributed by atoms with E-state index in [-0.39, 0.29) is 0 Å². The Kier molecular flexibility index (Phi) is 4.65. The second-order valence-corrected chi connectivity index (χ2v) is 8.24. The number of fused-ring (bicyclic) bond motifs is 2. The van der Waals surface area contributed by atoms with E-state index >= 15 is 0 Å². The van der Waals surface area contributed by atoms with Crippen LogP contribution >= 0.6 is 0 Å². The number of para-hydroxylation sites is 1.